The molecule has 7 heteroatoms. The molecular formula is C17H25N3O2S2. The topological polar surface area (TPSA) is 52.7 Å². The zero-order valence-electron chi connectivity index (χ0n) is 14.1. The Kier molecular flexibility index (Phi) is 5.42. The van der Waals surface area contributed by atoms with Crippen LogP contribution in [-0.2, 0) is 16.4 Å². The SMILES string of the molecule is CCCc1ccc(S(=O)(=O)N2CCN(C(=S)NC3CC3)CC2)cc1. The normalized spacial score (nSPS) is 19.3. The van der Waals surface area contributed by atoms with Crippen molar-refractivity contribution in [1.82, 2.24) is 14.5 Å². The lowest BCUT2D eigenvalue weighted by molar-refractivity contribution is 0.264. The molecule has 1 aliphatic carbocycles. The Morgan fingerprint density at radius 2 is 1.79 bits per heavy atom. The van der Waals surface area contributed by atoms with Gasteiger partial charge in [-0.25, -0.2) is 8.42 Å². The van der Waals surface area contributed by atoms with Crippen LogP contribution < -0.4 is 5.32 Å². The zero-order chi connectivity index (χ0) is 17.2. The van der Waals surface area contributed by atoms with E-state index in [1.807, 2.05) is 12.1 Å². The molecule has 0 unspecified atom stereocenters. The van der Waals surface area contributed by atoms with E-state index in [0.717, 1.165) is 18.0 Å². The predicted octanol–water partition coefficient (Wildman–Crippen LogP) is 1.98. The molecule has 1 aromatic rings. The Bertz CT molecular complexity index is 676. The Balaban J connectivity index is 1.60. The van der Waals surface area contributed by atoms with Gasteiger partial charge < -0.3 is 10.2 Å². The van der Waals surface area contributed by atoms with Crippen LogP contribution in [0.1, 0.15) is 31.7 Å². The predicted molar refractivity (Wildman–Crippen MR) is 99.5 cm³/mol. The molecule has 1 saturated heterocycles. The second-order valence-electron chi connectivity index (χ2n) is 6.51. The summed E-state index contributed by atoms with van der Waals surface area (Å²) in [6.07, 6.45) is 4.40. The molecule has 0 amide bonds. The molecule has 1 aliphatic heterocycles. The van der Waals surface area contributed by atoms with Crippen molar-refractivity contribution in [2.75, 3.05) is 26.2 Å². The van der Waals surface area contributed by atoms with Gasteiger partial charge in [0.1, 0.15) is 0 Å². The fourth-order valence-electron chi connectivity index (χ4n) is 2.89. The van der Waals surface area contributed by atoms with E-state index < -0.39 is 10.0 Å². The van der Waals surface area contributed by atoms with Gasteiger partial charge >= 0.3 is 0 Å². The molecule has 1 N–H and O–H groups in total. The van der Waals surface area contributed by atoms with Crippen LogP contribution in [0.3, 0.4) is 0 Å². The first kappa shape index (κ1) is 17.6. The van der Waals surface area contributed by atoms with Crippen LogP contribution >= 0.6 is 12.2 Å². The summed E-state index contributed by atoms with van der Waals surface area (Å²) in [5.74, 6) is 0. The molecule has 3 rings (SSSR count). The highest BCUT2D eigenvalue weighted by atomic mass is 32.2. The van der Waals surface area contributed by atoms with Crippen molar-refractivity contribution in [3.8, 4) is 0 Å². The quantitative estimate of drug-likeness (QED) is 0.807. The van der Waals surface area contributed by atoms with Crippen LogP contribution in [-0.4, -0.2) is 55.0 Å². The van der Waals surface area contributed by atoms with E-state index >= 15 is 0 Å². The summed E-state index contributed by atoms with van der Waals surface area (Å²) >= 11 is 5.40. The van der Waals surface area contributed by atoms with Crippen LogP contribution in [0.2, 0.25) is 0 Å². The summed E-state index contributed by atoms with van der Waals surface area (Å²) in [4.78, 5) is 2.46. The first-order chi connectivity index (χ1) is 11.5. The first-order valence-corrected chi connectivity index (χ1v) is 10.5. The number of rotatable bonds is 5. The van der Waals surface area contributed by atoms with Crippen molar-refractivity contribution in [1.29, 1.82) is 0 Å². The third-order valence-corrected chi connectivity index (χ3v) is 6.82. The Labute approximate surface area is 150 Å². The van der Waals surface area contributed by atoms with Gasteiger partial charge in [-0.15, -0.1) is 0 Å². The first-order valence-electron chi connectivity index (χ1n) is 8.65. The van der Waals surface area contributed by atoms with Crippen molar-refractivity contribution in [3.63, 3.8) is 0 Å². The number of sulfonamides is 1. The summed E-state index contributed by atoms with van der Waals surface area (Å²) in [7, 11) is -3.41. The van der Waals surface area contributed by atoms with Gasteiger partial charge in [-0.3, -0.25) is 0 Å². The molecule has 2 aliphatic rings. The molecule has 2 fully saturated rings. The van der Waals surface area contributed by atoms with Gasteiger partial charge in [0, 0.05) is 32.2 Å². The number of piperazine rings is 1. The fourth-order valence-corrected chi connectivity index (χ4v) is 4.66. The number of benzene rings is 1. The molecule has 0 spiro atoms. The van der Waals surface area contributed by atoms with Crippen molar-refractivity contribution < 1.29 is 8.42 Å². The Hall–Kier alpha value is -1.18. The summed E-state index contributed by atoms with van der Waals surface area (Å²) in [5, 5.41) is 4.08. The third kappa shape index (κ3) is 4.07. The van der Waals surface area contributed by atoms with Gasteiger partial charge in [0.05, 0.1) is 4.90 Å². The van der Waals surface area contributed by atoms with E-state index in [9.17, 15) is 8.42 Å². The van der Waals surface area contributed by atoms with Gasteiger partial charge in [0.25, 0.3) is 0 Å². The highest BCUT2D eigenvalue weighted by molar-refractivity contribution is 7.89. The molecule has 0 aromatic heterocycles. The monoisotopic (exact) mass is 367 g/mol. The molecule has 0 radical (unpaired) electrons. The molecule has 0 bridgehead atoms. The fraction of sp³-hybridized carbons (Fsp3) is 0.588. The number of thiocarbonyl (C=S) groups is 1. The lowest BCUT2D eigenvalue weighted by Crippen LogP contribution is -2.53. The molecule has 1 saturated carbocycles. The summed E-state index contributed by atoms with van der Waals surface area (Å²) < 4.78 is 27.1. The highest BCUT2D eigenvalue weighted by Crippen LogP contribution is 2.21. The van der Waals surface area contributed by atoms with Crippen LogP contribution in [0.5, 0.6) is 0 Å². The van der Waals surface area contributed by atoms with Gasteiger partial charge in [-0.1, -0.05) is 25.5 Å². The van der Waals surface area contributed by atoms with Gasteiger partial charge in [0.15, 0.2) is 5.11 Å². The van der Waals surface area contributed by atoms with Crippen molar-refractivity contribution in [2.45, 2.75) is 43.5 Å². The van der Waals surface area contributed by atoms with Gasteiger partial charge in [-0.2, -0.15) is 4.31 Å². The van der Waals surface area contributed by atoms with E-state index in [1.54, 1.807) is 16.4 Å². The highest BCUT2D eigenvalue weighted by Gasteiger charge is 2.30. The third-order valence-electron chi connectivity index (χ3n) is 4.53. The molecule has 1 heterocycles. The molecule has 5 nitrogen and oxygen atoms in total. The maximum absolute atomic E-state index is 12.8. The molecule has 24 heavy (non-hydrogen) atoms. The second kappa shape index (κ2) is 7.37. The average Bonchev–Trinajstić information content (AvgIpc) is 3.40. The summed E-state index contributed by atoms with van der Waals surface area (Å²) in [6, 6.07) is 7.82. The smallest absolute Gasteiger partial charge is 0.243 e. The van der Waals surface area contributed by atoms with Crippen LogP contribution in [0.25, 0.3) is 0 Å². The summed E-state index contributed by atoms with van der Waals surface area (Å²) in [5.41, 5.74) is 1.18. The van der Waals surface area contributed by atoms with E-state index in [-0.39, 0.29) is 0 Å². The zero-order valence-corrected chi connectivity index (χ0v) is 15.7. The second-order valence-corrected chi connectivity index (χ2v) is 8.83. The van der Waals surface area contributed by atoms with E-state index in [2.05, 4.69) is 17.1 Å². The molecule has 132 valence electrons. The minimum Gasteiger partial charge on any atom is -0.360 e. The van der Waals surface area contributed by atoms with E-state index in [4.69, 9.17) is 12.2 Å². The number of hydrogen-bond acceptors (Lipinski definition) is 3. The van der Waals surface area contributed by atoms with Gasteiger partial charge in [-0.05, 0) is 49.2 Å². The number of nitrogens with zero attached hydrogens (tertiary/aromatic N) is 2. The molecule has 1 aromatic carbocycles. The number of aryl methyl sites for hydroxylation is 1. The maximum Gasteiger partial charge on any atom is 0.243 e. The van der Waals surface area contributed by atoms with Crippen LogP contribution in [0, 0.1) is 0 Å². The Morgan fingerprint density at radius 1 is 1.17 bits per heavy atom. The van der Waals surface area contributed by atoms with Crippen molar-refractivity contribution in [2.24, 2.45) is 0 Å². The number of nitrogens with one attached hydrogen (secondary N) is 1. The largest absolute Gasteiger partial charge is 0.360 e. The van der Waals surface area contributed by atoms with E-state index in [1.165, 1.54) is 18.4 Å². The molecular weight excluding hydrogens is 342 g/mol. The standard InChI is InChI=1S/C17H25N3O2S2/c1-2-3-14-4-8-16(9-5-14)24(21,22)20-12-10-19(11-13-20)17(23)18-15-6-7-15/h4-5,8-9,15H,2-3,6-7,10-13H2,1H3,(H,18,23). The Morgan fingerprint density at radius 3 is 2.33 bits per heavy atom. The molecule has 0 atom stereocenters. The minimum atomic E-state index is -3.41. The average molecular weight is 368 g/mol. The number of hydrogen-bond donors (Lipinski definition) is 1. The van der Waals surface area contributed by atoms with Crippen LogP contribution in [0.4, 0.5) is 0 Å². The van der Waals surface area contributed by atoms with Crippen molar-refractivity contribution >= 4 is 27.4 Å². The van der Waals surface area contributed by atoms with Gasteiger partial charge in [0.2, 0.25) is 10.0 Å². The van der Waals surface area contributed by atoms with Crippen molar-refractivity contribution in [3.05, 3.63) is 29.8 Å². The van der Waals surface area contributed by atoms with Crippen LogP contribution in [0.15, 0.2) is 29.2 Å². The van der Waals surface area contributed by atoms with E-state index in [0.29, 0.717) is 37.1 Å². The maximum atomic E-state index is 12.8. The lowest BCUT2D eigenvalue weighted by Gasteiger charge is -2.35. The lowest BCUT2D eigenvalue weighted by atomic mass is 10.1. The minimum absolute atomic E-state index is 0.384. The summed E-state index contributed by atoms with van der Waals surface area (Å²) in [6.45, 7) is 4.36.